The van der Waals surface area contributed by atoms with Crippen molar-refractivity contribution in [2.75, 3.05) is 37.3 Å². The van der Waals surface area contributed by atoms with Gasteiger partial charge in [0.1, 0.15) is 6.61 Å². The molecule has 0 aromatic heterocycles. The predicted molar refractivity (Wildman–Crippen MR) is 94.9 cm³/mol. The van der Waals surface area contributed by atoms with Gasteiger partial charge in [0.05, 0.1) is 0 Å². The number of rotatable bonds is 4. The highest BCUT2D eigenvalue weighted by Crippen LogP contribution is 2.33. The van der Waals surface area contributed by atoms with Gasteiger partial charge in [0, 0.05) is 30.6 Å². The van der Waals surface area contributed by atoms with E-state index in [0.29, 0.717) is 29.3 Å². The van der Waals surface area contributed by atoms with Crippen molar-refractivity contribution in [3.8, 4) is 11.5 Å². The molecule has 0 radical (unpaired) electrons. The molecule has 0 unspecified atom stereocenters. The van der Waals surface area contributed by atoms with Gasteiger partial charge >= 0.3 is 0 Å². The lowest BCUT2D eigenvalue weighted by atomic mass is 10.1. The lowest BCUT2D eigenvalue weighted by Crippen LogP contribution is -2.31. The Labute approximate surface area is 150 Å². The van der Waals surface area contributed by atoms with Crippen LogP contribution in [0.2, 0.25) is 0 Å². The van der Waals surface area contributed by atoms with Crippen LogP contribution in [0.25, 0.3) is 0 Å². The molecule has 7 nitrogen and oxygen atoms in total. The first kappa shape index (κ1) is 16.4. The highest BCUT2D eigenvalue weighted by Gasteiger charge is 2.25. The van der Waals surface area contributed by atoms with Crippen LogP contribution in [0.1, 0.15) is 15.9 Å². The summed E-state index contributed by atoms with van der Waals surface area (Å²) < 4.78 is 15.5. The summed E-state index contributed by atoms with van der Waals surface area (Å²) in [5, 5.41) is 2.88. The van der Waals surface area contributed by atoms with Crippen molar-refractivity contribution in [3.05, 3.63) is 47.5 Å². The minimum absolute atomic E-state index is 0.0576. The van der Waals surface area contributed by atoms with Gasteiger partial charge in [-0.05, 0) is 48.4 Å². The minimum atomic E-state index is -0.228. The molecule has 2 amide bonds. The zero-order valence-corrected chi connectivity index (χ0v) is 14.3. The summed E-state index contributed by atoms with van der Waals surface area (Å²) in [7, 11) is 1.50. The van der Waals surface area contributed by atoms with Gasteiger partial charge in [0.25, 0.3) is 11.8 Å². The number of hydrogen-bond donors (Lipinski definition) is 1. The summed E-state index contributed by atoms with van der Waals surface area (Å²) >= 11 is 0. The fourth-order valence-electron chi connectivity index (χ4n) is 3.18. The molecular weight excluding hydrogens is 336 g/mol. The lowest BCUT2D eigenvalue weighted by Gasteiger charge is -2.17. The van der Waals surface area contributed by atoms with Gasteiger partial charge in [0.2, 0.25) is 6.79 Å². The van der Waals surface area contributed by atoms with Crippen LogP contribution < -0.4 is 19.7 Å². The van der Waals surface area contributed by atoms with Gasteiger partial charge in [-0.3, -0.25) is 9.59 Å². The van der Waals surface area contributed by atoms with Crippen LogP contribution in [0.15, 0.2) is 36.4 Å². The van der Waals surface area contributed by atoms with Crippen LogP contribution in [0.3, 0.4) is 0 Å². The summed E-state index contributed by atoms with van der Waals surface area (Å²) in [6.45, 7) is 0.850. The number of fused-ring (bicyclic) bond motifs is 2. The number of carbonyl (C=O) groups excluding carboxylic acids is 2. The number of nitrogens with zero attached hydrogens (tertiary/aromatic N) is 1. The maximum Gasteiger partial charge on any atom is 0.255 e. The third-order valence-electron chi connectivity index (χ3n) is 4.44. The molecule has 0 atom stereocenters. The zero-order chi connectivity index (χ0) is 18.1. The minimum Gasteiger partial charge on any atom is -0.454 e. The highest BCUT2D eigenvalue weighted by atomic mass is 16.7. The van der Waals surface area contributed by atoms with Crippen LogP contribution in [0.5, 0.6) is 11.5 Å². The lowest BCUT2D eigenvalue weighted by molar-refractivity contribution is -0.122. The van der Waals surface area contributed by atoms with E-state index in [1.165, 1.54) is 7.11 Å². The van der Waals surface area contributed by atoms with E-state index in [9.17, 15) is 9.59 Å². The van der Waals surface area contributed by atoms with Gasteiger partial charge in [-0.1, -0.05) is 0 Å². The standard InChI is InChI=1S/C19H18N2O5/c1-24-10-18(22)21-7-6-12-8-14(3-4-15(12)21)20-19(23)13-2-5-16-17(9-13)26-11-25-16/h2-5,8-9H,6-7,10-11H2,1H3,(H,20,23). The van der Waals surface area contributed by atoms with E-state index in [-0.39, 0.29) is 25.2 Å². The first-order chi connectivity index (χ1) is 12.7. The number of amides is 2. The molecule has 2 aromatic rings. The molecule has 2 aliphatic rings. The predicted octanol–water partition coefficient (Wildman–Crippen LogP) is 2.20. The zero-order valence-electron chi connectivity index (χ0n) is 14.3. The Balaban J connectivity index is 1.49. The van der Waals surface area contributed by atoms with E-state index in [4.69, 9.17) is 14.2 Å². The maximum atomic E-state index is 12.5. The average molecular weight is 354 g/mol. The van der Waals surface area contributed by atoms with E-state index in [1.807, 2.05) is 12.1 Å². The number of anilines is 2. The second-order valence-corrected chi connectivity index (χ2v) is 6.09. The molecule has 4 rings (SSSR count). The molecule has 0 saturated carbocycles. The fourth-order valence-corrected chi connectivity index (χ4v) is 3.18. The molecule has 1 N–H and O–H groups in total. The van der Waals surface area contributed by atoms with E-state index in [1.54, 1.807) is 29.2 Å². The third kappa shape index (κ3) is 2.97. The van der Waals surface area contributed by atoms with Crippen LogP contribution in [0.4, 0.5) is 11.4 Å². The van der Waals surface area contributed by atoms with E-state index in [2.05, 4.69) is 5.32 Å². The highest BCUT2D eigenvalue weighted by molar-refractivity contribution is 6.05. The molecular formula is C19H18N2O5. The van der Waals surface area contributed by atoms with Gasteiger partial charge < -0.3 is 24.4 Å². The Morgan fingerprint density at radius 2 is 2.00 bits per heavy atom. The summed E-state index contributed by atoms with van der Waals surface area (Å²) in [4.78, 5) is 26.3. The molecule has 2 heterocycles. The van der Waals surface area contributed by atoms with Crippen molar-refractivity contribution in [1.82, 2.24) is 0 Å². The third-order valence-corrected chi connectivity index (χ3v) is 4.44. The Kier molecular flexibility index (Phi) is 4.22. The molecule has 7 heteroatoms. The van der Waals surface area contributed by atoms with Crippen molar-refractivity contribution in [2.24, 2.45) is 0 Å². The number of methoxy groups -OCH3 is 1. The maximum absolute atomic E-state index is 12.5. The van der Waals surface area contributed by atoms with Crippen LogP contribution in [-0.4, -0.2) is 38.9 Å². The van der Waals surface area contributed by atoms with Crippen molar-refractivity contribution in [2.45, 2.75) is 6.42 Å². The molecule has 2 aromatic carbocycles. The topological polar surface area (TPSA) is 77.1 Å². The molecule has 134 valence electrons. The number of benzene rings is 2. The van der Waals surface area contributed by atoms with Crippen molar-refractivity contribution < 1.29 is 23.8 Å². The largest absolute Gasteiger partial charge is 0.454 e. The van der Waals surface area contributed by atoms with Crippen molar-refractivity contribution in [1.29, 1.82) is 0 Å². The van der Waals surface area contributed by atoms with E-state index < -0.39 is 0 Å². The molecule has 0 saturated heterocycles. The summed E-state index contributed by atoms with van der Waals surface area (Å²) in [5.74, 6) is 0.913. The quantitative estimate of drug-likeness (QED) is 0.911. The Morgan fingerprint density at radius 1 is 1.15 bits per heavy atom. The smallest absolute Gasteiger partial charge is 0.255 e. The molecule has 0 aliphatic carbocycles. The van der Waals surface area contributed by atoms with Gasteiger partial charge in [0.15, 0.2) is 11.5 Å². The molecule has 26 heavy (non-hydrogen) atoms. The fraction of sp³-hybridized carbons (Fsp3) is 0.263. The second-order valence-electron chi connectivity index (χ2n) is 6.09. The Hall–Kier alpha value is -3.06. The molecule has 0 fully saturated rings. The molecule has 0 spiro atoms. The number of carbonyl (C=O) groups is 2. The first-order valence-corrected chi connectivity index (χ1v) is 8.29. The number of ether oxygens (including phenoxy) is 3. The second kappa shape index (κ2) is 6.68. The van der Waals surface area contributed by atoms with Gasteiger partial charge in [-0.2, -0.15) is 0 Å². The monoisotopic (exact) mass is 354 g/mol. The molecule has 0 bridgehead atoms. The SMILES string of the molecule is COCC(=O)N1CCc2cc(NC(=O)c3ccc4c(c3)OCO4)ccc21. The Bertz CT molecular complexity index is 880. The summed E-state index contributed by atoms with van der Waals surface area (Å²) in [6, 6.07) is 10.6. The first-order valence-electron chi connectivity index (χ1n) is 8.29. The summed E-state index contributed by atoms with van der Waals surface area (Å²) in [5.41, 5.74) is 3.07. The van der Waals surface area contributed by atoms with Crippen LogP contribution in [0, 0.1) is 0 Å². The van der Waals surface area contributed by atoms with Gasteiger partial charge in [-0.25, -0.2) is 0 Å². The Morgan fingerprint density at radius 3 is 2.85 bits per heavy atom. The summed E-state index contributed by atoms with van der Waals surface area (Å²) in [6.07, 6.45) is 0.749. The number of nitrogens with one attached hydrogen (secondary N) is 1. The van der Waals surface area contributed by atoms with Crippen molar-refractivity contribution >= 4 is 23.2 Å². The van der Waals surface area contributed by atoms with Crippen molar-refractivity contribution in [3.63, 3.8) is 0 Å². The van der Waals surface area contributed by atoms with Crippen LogP contribution >= 0.6 is 0 Å². The van der Waals surface area contributed by atoms with E-state index >= 15 is 0 Å². The van der Waals surface area contributed by atoms with E-state index in [0.717, 1.165) is 17.7 Å². The normalized spacial score (nSPS) is 14.3. The van der Waals surface area contributed by atoms with Gasteiger partial charge in [-0.15, -0.1) is 0 Å². The molecule has 2 aliphatic heterocycles. The average Bonchev–Trinajstić information content (AvgIpc) is 3.27. The number of hydrogen-bond acceptors (Lipinski definition) is 5. The van der Waals surface area contributed by atoms with Crippen LogP contribution in [-0.2, 0) is 16.0 Å².